The van der Waals surface area contributed by atoms with Crippen LogP contribution in [0.15, 0.2) is 90.5 Å². The van der Waals surface area contributed by atoms with Crippen molar-refractivity contribution in [2.45, 2.75) is 31.6 Å². The third-order valence-corrected chi connectivity index (χ3v) is 8.76. The van der Waals surface area contributed by atoms with Crippen LogP contribution in [0.1, 0.15) is 29.2 Å². The monoisotopic (exact) mass is 725 g/mol. The zero-order chi connectivity index (χ0) is 37.5. The molecule has 0 spiro atoms. The zero-order valence-corrected chi connectivity index (χ0v) is 29.9. The van der Waals surface area contributed by atoms with Crippen molar-refractivity contribution in [1.82, 2.24) is 5.32 Å². The van der Waals surface area contributed by atoms with Gasteiger partial charge < -0.3 is 47.9 Å². The summed E-state index contributed by atoms with van der Waals surface area (Å²) in [5, 5.41) is 2.67. The molecule has 4 aromatic rings. The predicted octanol–water partition coefficient (Wildman–Crippen LogP) is 5.76. The fourth-order valence-corrected chi connectivity index (χ4v) is 6.29. The van der Waals surface area contributed by atoms with Gasteiger partial charge in [0.05, 0.1) is 40.6 Å². The van der Waals surface area contributed by atoms with Crippen molar-refractivity contribution in [2.24, 2.45) is 0 Å². The van der Waals surface area contributed by atoms with Gasteiger partial charge in [0.2, 0.25) is 12.5 Å². The summed E-state index contributed by atoms with van der Waals surface area (Å²) >= 11 is 0. The van der Waals surface area contributed by atoms with Crippen LogP contribution in [0.3, 0.4) is 0 Å². The highest BCUT2D eigenvalue weighted by molar-refractivity contribution is 6.20. The maximum atomic E-state index is 14.2. The normalized spacial score (nSPS) is 16.4. The number of benzene rings is 4. The molecular weight excluding hydrogens is 686 g/mol. The number of hydrogen-bond donors (Lipinski definition) is 1. The lowest BCUT2D eigenvalue weighted by Gasteiger charge is -2.32. The van der Waals surface area contributed by atoms with E-state index in [4.69, 9.17) is 42.6 Å². The van der Waals surface area contributed by atoms with Crippen molar-refractivity contribution < 1.29 is 57.0 Å². The Morgan fingerprint density at radius 2 is 1.51 bits per heavy atom. The van der Waals surface area contributed by atoms with Crippen molar-refractivity contribution in [2.75, 3.05) is 41.8 Å². The van der Waals surface area contributed by atoms with Crippen LogP contribution >= 0.6 is 0 Å². The predicted molar refractivity (Wildman–Crippen MR) is 190 cm³/mol. The summed E-state index contributed by atoms with van der Waals surface area (Å²) < 4.78 is 51.1. The Kier molecular flexibility index (Phi) is 10.9. The first-order valence-corrected chi connectivity index (χ1v) is 16.7. The van der Waals surface area contributed by atoms with Gasteiger partial charge in [-0.15, -0.1) is 0 Å². The van der Waals surface area contributed by atoms with Crippen LogP contribution in [0.4, 0.5) is 4.79 Å². The summed E-state index contributed by atoms with van der Waals surface area (Å²) in [6.07, 6.45) is -0.950. The number of ether oxygens (including phenoxy) is 9. The molecule has 0 bridgehead atoms. The molecule has 2 aliphatic heterocycles. The molecule has 0 aromatic heterocycles. The maximum Gasteiger partial charge on any atom is 0.411 e. The molecule has 2 aliphatic rings. The Bertz CT molecular complexity index is 1990. The molecule has 2 heterocycles. The van der Waals surface area contributed by atoms with Gasteiger partial charge in [-0.2, -0.15) is 0 Å². The molecule has 0 fully saturated rings. The van der Waals surface area contributed by atoms with Gasteiger partial charge in [0.1, 0.15) is 11.8 Å². The summed E-state index contributed by atoms with van der Waals surface area (Å²) in [4.78, 5) is 41.5. The number of esters is 2. The molecule has 6 rings (SSSR count). The van der Waals surface area contributed by atoms with E-state index in [0.29, 0.717) is 45.6 Å². The molecule has 0 radical (unpaired) electrons. The third-order valence-electron chi connectivity index (χ3n) is 8.76. The number of rotatable bonds is 14. The van der Waals surface area contributed by atoms with Crippen LogP contribution in [0.25, 0.3) is 5.57 Å². The zero-order valence-electron chi connectivity index (χ0n) is 29.9. The fraction of sp³-hybridized carbons (Fsp3) is 0.275. The number of alkyl carbamates (subject to hydrolysis) is 1. The van der Waals surface area contributed by atoms with E-state index in [-0.39, 0.29) is 43.0 Å². The van der Waals surface area contributed by atoms with Crippen LogP contribution in [-0.2, 0) is 42.4 Å². The van der Waals surface area contributed by atoms with E-state index in [9.17, 15) is 14.4 Å². The average Bonchev–Trinajstić information content (AvgIpc) is 3.75. The number of hydrogen-bond acceptors (Lipinski definition) is 12. The third kappa shape index (κ3) is 7.50. The summed E-state index contributed by atoms with van der Waals surface area (Å²) in [7, 11) is 5.99. The van der Waals surface area contributed by atoms with Gasteiger partial charge in [-0.1, -0.05) is 36.4 Å². The van der Waals surface area contributed by atoms with E-state index in [0.717, 1.165) is 5.56 Å². The summed E-state index contributed by atoms with van der Waals surface area (Å²) in [5.41, 5.74) is 2.46. The maximum absolute atomic E-state index is 14.2. The molecule has 13 heteroatoms. The number of carbonyl (C=O) groups is 3. The van der Waals surface area contributed by atoms with Crippen molar-refractivity contribution in [1.29, 1.82) is 0 Å². The molecule has 0 saturated heterocycles. The highest BCUT2D eigenvalue weighted by Crippen LogP contribution is 2.50. The summed E-state index contributed by atoms with van der Waals surface area (Å²) in [6.45, 7) is 1.78. The lowest BCUT2D eigenvalue weighted by atomic mass is 9.87. The minimum atomic E-state index is -2.15. The van der Waals surface area contributed by atoms with Crippen molar-refractivity contribution in [3.8, 4) is 34.5 Å². The molecule has 1 amide bonds. The molecule has 13 nitrogen and oxygen atoms in total. The molecule has 0 saturated carbocycles. The molecule has 4 aromatic carbocycles. The Balaban J connectivity index is 1.51. The van der Waals surface area contributed by atoms with Crippen LogP contribution < -0.4 is 33.7 Å². The quantitative estimate of drug-likeness (QED) is 0.158. The molecule has 276 valence electrons. The number of cyclic esters (lactones) is 1. The Hall–Kier alpha value is -6.37. The second kappa shape index (κ2) is 15.9. The average molecular weight is 726 g/mol. The number of carbonyl (C=O) groups excluding carboxylic acids is 3. The van der Waals surface area contributed by atoms with Crippen molar-refractivity contribution in [3.63, 3.8) is 0 Å². The number of amides is 1. The van der Waals surface area contributed by atoms with Crippen molar-refractivity contribution in [3.05, 3.63) is 113 Å². The molecule has 1 N–H and O–H groups in total. The van der Waals surface area contributed by atoms with Gasteiger partial charge in [-0.05, 0) is 72.1 Å². The Morgan fingerprint density at radius 1 is 0.811 bits per heavy atom. The number of nitrogens with one attached hydrogen (secondary N) is 1. The minimum Gasteiger partial charge on any atom is -0.497 e. The number of methoxy groups -OCH3 is 4. The van der Waals surface area contributed by atoms with E-state index in [1.54, 1.807) is 61.5 Å². The first-order chi connectivity index (χ1) is 25.7. The van der Waals surface area contributed by atoms with Gasteiger partial charge in [0.25, 0.3) is 0 Å². The van der Waals surface area contributed by atoms with E-state index in [1.807, 2.05) is 30.3 Å². The first kappa shape index (κ1) is 36.4. The second-order valence-electron chi connectivity index (χ2n) is 11.9. The van der Waals surface area contributed by atoms with E-state index in [2.05, 4.69) is 5.32 Å². The molecule has 2 atom stereocenters. The molecule has 0 aliphatic carbocycles. The highest BCUT2D eigenvalue weighted by atomic mass is 16.7. The summed E-state index contributed by atoms with van der Waals surface area (Å²) in [6, 6.07) is 23.1. The van der Waals surface area contributed by atoms with E-state index < -0.39 is 29.9 Å². The van der Waals surface area contributed by atoms with Crippen LogP contribution in [0.2, 0.25) is 0 Å². The van der Waals surface area contributed by atoms with E-state index >= 15 is 0 Å². The Labute approximate surface area is 306 Å². The van der Waals surface area contributed by atoms with Crippen LogP contribution in [0.5, 0.6) is 34.5 Å². The SMILES string of the molecule is CCOC(=O)C(Cc1ccccc1)NC(=O)OC1(c2ccc(OC)cc2)OC(=O)C(c2ccc3c(c2)OCO3)=C1Cc1cc(OC)c(OC)c(OC)c1. The molecular formula is C40H39NO12. The topological polar surface area (TPSA) is 146 Å². The van der Waals surface area contributed by atoms with Gasteiger partial charge >= 0.3 is 23.8 Å². The van der Waals surface area contributed by atoms with Gasteiger partial charge in [0, 0.05) is 24.0 Å². The van der Waals surface area contributed by atoms with Gasteiger partial charge in [0.15, 0.2) is 23.0 Å². The van der Waals surface area contributed by atoms with Gasteiger partial charge in [-0.25, -0.2) is 14.4 Å². The first-order valence-electron chi connectivity index (χ1n) is 16.7. The fourth-order valence-electron chi connectivity index (χ4n) is 6.29. The highest BCUT2D eigenvalue weighted by Gasteiger charge is 2.53. The molecule has 53 heavy (non-hydrogen) atoms. The lowest BCUT2D eigenvalue weighted by molar-refractivity contribution is -0.185. The number of fused-ring (bicyclic) bond motifs is 1. The van der Waals surface area contributed by atoms with Crippen molar-refractivity contribution >= 4 is 23.6 Å². The minimum absolute atomic E-state index is 0.0170. The lowest BCUT2D eigenvalue weighted by Crippen LogP contribution is -2.47. The van der Waals surface area contributed by atoms with E-state index in [1.165, 1.54) is 28.4 Å². The smallest absolute Gasteiger partial charge is 0.411 e. The Morgan fingerprint density at radius 3 is 2.15 bits per heavy atom. The van der Waals surface area contributed by atoms with Gasteiger partial charge in [-0.3, -0.25) is 0 Å². The standard InChI is InChI=1S/C40H39NO12/c1-6-49-37(42)30(19-24-10-8-7-9-11-24)41-39(44)53-40(27-13-15-28(45-2)16-14-27)29(18-25-20-33(46-3)36(48-5)34(21-25)47-4)35(38(43)52-40)26-12-17-31-32(22-26)51-23-50-31/h7-17,20-22,30H,6,18-19,23H2,1-5H3,(H,41,44). The molecule has 2 unspecified atom stereocenters. The summed E-state index contributed by atoms with van der Waals surface area (Å²) in [5.74, 6) is -1.05. The van der Waals surface area contributed by atoms with Crippen LogP contribution in [-0.4, -0.2) is 65.9 Å². The largest absolute Gasteiger partial charge is 0.497 e. The van der Waals surface area contributed by atoms with Crippen LogP contribution in [0, 0.1) is 0 Å². The second-order valence-corrected chi connectivity index (χ2v) is 11.9.